The van der Waals surface area contributed by atoms with E-state index < -0.39 is 38.0 Å². The molecule has 2 aromatic carbocycles. The fraction of sp³-hybridized carbons (Fsp3) is 0.625. The molecule has 0 saturated carbocycles. The highest BCUT2D eigenvalue weighted by Gasteiger charge is 2.42. The van der Waals surface area contributed by atoms with Gasteiger partial charge in [0.2, 0.25) is 0 Å². The maximum atomic E-state index is 13.2. The van der Waals surface area contributed by atoms with Crippen LogP contribution in [0.25, 0.3) is 22.1 Å². The molecule has 0 unspecified atom stereocenters. The molecule has 2 N–H and O–H groups in total. The number of aliphatic hydroxyl groups is 2. The zero-order valence-corrected chi connectivity index (χ0v) is 36.2. The molecule has 0 aliphatic carbocycles. The van der Waals surface area contributed by atoms with E-state index in [1.165, 1.54) is 4.90 Å². The van der Waals surface area contributed by atoms with Gasteiger partial charge in [0.05, 0.1) is 51.3 Å². The number of ether oxygens (including phenoxy) is 1. The zero-order valence-electron chi connectivity index (χ0n) is 33.8. The van der Waals surface area contributed by atoms with E-state index in [0.717, 1.165) is 39.1 Å². The first-order valence-corrected chi connectivity index (χ1v) is 20.6. The van der Waals surface area contributed by atoms with Gasteiger partial charge in [0.25, 0.3) is 0 Å². The van der Waals surface area contributed by atoms with Crippen molar-refractivity contribution in [1.82, 2.24) is 24.0 Å². The average molecular weight is 819 g/mol. The summed E-state index contributed by atoms with van der Waals surface area (Å²) in [5.41, 5.74) is 1.24. The summed E-state index contributed by atoms with van der Waals surface area (Å²) in [6.45, 7) is 26.6. The van der Waals surface area contributed by atoms with Crippen LogP contribution in [0, 0.1) is 10.8 Å². The van der Waals surface area contributed by atoms with Crippen molar-refractivity contribution >= 4 is 53.9 Å². The monoisotopic (exact) mass is 817 g/mol. The summed E-state index contributed by atoms with van der Waals surface area (Å²) in [4.78, 5) is 23.3. The van der Waals surface area contributed by atoms with Crippen LogP contribution >= 0.6 is 15.9 Å². The van der Waals surface area contributed by atoms with E-state index >= 15 is 0 Å². The predicted octanol–water partition coefficient (Wildman–Crippen LogP) is 7.95. The summed E-state index contributed by atoms with van der Waals surface area (Å²) in [6.07, 6.45) is 1.07. The van der Waals surface area contributed by atoms with Crippen LogP contribution in [0.3, 0.4) is 0 Å². The molecule has 294 valence electrons. The van der Waals surface area contributed by atoms with Crippen LogP contribution in [-0.2, 0) is 40.5 Å². The van der Waals surface area contributed by atoms with Crippen LogP contribution in [0.15, 0.2) is 45.8 Å². The number of aromatic nitrogens is 4. The maximum absolute atomic E-state index is 13.2. The van der Waals surface area contributed by atoms with Crippen molar-refractivity contribution in [3.8, 4) is 0 Å². The highest BCUT2D eigenvalue weighted by atomic mass is 79.9. The van der Waals surface area contributed by atoms with Gasteiger partial charge in [-0.15, -0.1) is 0 Å². The second-order valence-corrected chi connectivity index (χ2v) is 22.3. The van der Waals surface area contributed by atoms with Crippen molar-refractivity contribution in [2.75, 3.05) is 13.1 Å². The van der Waals surface area contributed by atoms with Gasteiger partial charge in [-0.1, -0.05) is 57.5 Å². The Bertz CT molecular complexity index is 2050. The maximum Gasteiger partial charge on any atom is 0.410 e. The second-order valence-electron chi connectivity index (χ2n) is 19.2. The molecule has 3 heterocycles. The molecule has 1 saturated heterocycles. The van der Waals surface area contributed by atoms with Crippen molar-refractivity contribution < 1.29 is 28.2 Å². The van der Waals surface area contributed by atoms with E-state index in [0.29, 0.717) is 25.0 Å². The summed E-state index contributed by atoms with van der Waals surface area (Å²) in [7, 11) is -3.63. The molecule has 0 bridgehead atoms. The summed E-state index contributed by atoms with van der Waals surface area (Å²) in [5, 5.41) is 19.9. The lowest BCUT2D eigenvalue weighted by atomic mass is 9.92. The standard InChI is InChI=1S/C24H37N3O5S.C16H23BrN2O/c1-22(2,3)12-20-25-18-11-16(9-10-19(18)27(20)15-24(7,8)29)33(30,31)17-13-26(14-17)21(28)32-23(4,5)6;1-15(2,3)9-14-18-12-8-11(17)6-7-13(12)19(14)10-16(4,5)20/h9-11,17,29H,12-15H2,1-8H3;6-8,20H,9-10H2,1-5H3. The largest absolute Gasteiger partial charge is 0.444 e. The molecule has 53 heavy (non-hydrogen) atoms. The number of imidazole rings is 2. The number of fused-ring (bicyclic) bond motifs is 2. The lowest BCUT2D eigenvalue weighted by Crippen LogP contribution is -2.57. The molecule has 0 radical (unpaired) electrons. The number of hydrogen-bond donors (Lipinski definition) is 2. The van der Waals surface area contributed by atoms with Crippen LogP contribution in [0.2, 0.25) is 0 Å². The van der Waals surface area contributed by atoms with Gasteiger partial charge in [-0.05, 0) is 95.7 Å². The quantitative estimate of drug-likeness (QED) is 0.183. The summed E-state index contributed by atoms with van der Waals surface area (Å²) in [6, 6.07) is 11.1. The van der Waals surface area contributed by atoms with Crippen molar-refractivity contribution in [1.29, 1.82) is 0 Å². The van der Waals surface area contributed by atoms with E-state index in [4.69, 9.17) is 14.7 Å². The molecular weight excluding hydrogens is 758 g/mol. The fourth-order valence-electron chi connectivity index (χ4n) is 6.14. The Kier molecular flexibility index (Phi) is 12.0. The normalized spacial score (nSPS) is 15.1. The summed E-state index contributed by atoms with van der Waals surface area (Å²) < 4.78 is 36.9. The predicted molar refractivity (Wildman–Crippen MR) is 215 cm³/mol. The summed E-state index contributed by atoms with van der Waals surface area (Å²) in [5.74, 6) is 1.85. The first-order chi connectivity index (χ1) is 23.9. The third kappa shape index (κ3) is 11.7. The summed E-state index contributed by atoms with van der Waals surface area (Å²) >= 11 is 3.49. The lowest BCUT2D eigenvalue weighted by molar-refractivity contribution is 0.0138. The number of benzene rings is 2. The van der Waals surface area contributed by atoms with Crippen molar-refractivity contribution in [3.05, 3.63) is 52.5 Å². The Hall–Kier alpha value is -3.00. The van der Waals surface area contributed by atoms with Gasteiger partial charge in [0.1, 0.15) is 22.5 Å². The van der Waals surface area contributed by atoms with Gasteiger partial charge in [0, 0.05) is 30.4 Å². The number of sulfone groups is 1. The molecular formula is C40H60BrN5O6S. The number of hydrogen-bond acceptors (Lipinski definition) is 8. The van der Waals surface area contributed by atoms with Crippen molar-refractivity contribution in [3.63, 3.8) is 0 Å². The molecule has 1 aliphatic heterocycles. The van der Waals surface area contributed by atoms with Crippen molar-refractivity contribution in [2.45, 2.75) is 143 Å². The van der Waals surface area contributed by atoms with Crippen LogP contribution in [0.5, 0.6) is 0 Å². The zero-order chi connectivity index (χ0) is 40.1. The van der Waals surface area contributed by atoms with E-state index in [-0.39, 0.29) is 28.8 Å². The minimum absolute atomic E-state index is 0.0231. The minimum Gasteiger partial charge on any atom is -0.444 e. The number of nitrogens with zero attached hydrogens (tertiary/aromatic N) is 5. The topological polar surface area (TPSA) is 140 Å². The van der Waals surface area contributed by atoms with E-state index in [2.05, 4.69) is 68.1 Å². The fourth-order valence-corrected chi connectivity index (χ4v) is 8.16. The third-order valence-corrected chi connectivity index (χ3v) is 10.9. The highest BCUT2D eigenvalue weighted by Crippen LogP contribution is 2.31. The first-order valence-electron chi connectivity index (χ1n) is 18.2. The number of rotatable bonds is 8. The molecule has 0 spiro atoms. The van der Waals surface area contributed by atoms with Gasteiger partial charge in [0.15, 0.2) is 9.84 Å². The Labute approximate surface area is 324 Å². The van der Waals surface area contributed by atoms with Gasteiger partial charge in [-0.25, -0.2) is 23.2 Å². The number of amides is 1. The minimum atomic E-state index is -3.63. The molecule has 5 rings (SSSR count). The molecule has 4 aromatic rings. The first kappa shape index (κ1) is 42.7. The Morgan fingerprint density at radius 3 is 1.60 bits per heavy atom. The van der Waals surface area contributed by atoms with Crippen LogP contribution in [-0.4, -0.2) is 83.9 Å². The van der Waals surface area contributed by atoms with Gasteiger partial charge >= 0.3 is 6.09 Å². The molecule has 1 fully saturated rings. The van der Waals surface area contributed by atoms with Gasteiger partial charge in [-0.2, -0.15) is 0 Å². The van der Waals surface area contributed by atoms with E-state index in [1.807, 2.05) is 30.5 Å². The Morgan fingerprint density at radius 1 is 0.755 bits per heavy atom. The molecule has 2 aromatic heterocycles. The van der Waals surface area contributed by atoms with Crippen molar-refractivity contribution in [2.24, 2.45) is 10.8 Å². The number of carbonyl (C=O) groups excluding carboxylic acids is 1. The smallest absolute Gasteiger partial charge is 0.410 e. The number of carbonyl (C=O) groups is 1. The molecule has 11 nitrogen and oxygen atoms in total. The number of halogens is 1. The molecule has 0 atom stereocenters. The van der Waals surface area contributed by atoms with Crippen LogP contribution < -0.4 is 0 Å². The van der Waals surface area contributed by atoms with Gasteiger partial charge in [-0.3, -0.25) is 0 Å². The SMILES string of the molecule is CC(C)(C)Cc1nc2cc(Br)ccc2n1CC(C)(C)O.CC(C)(C)Cc1nc2cc(S(=O)(=O)C3CN(C(=O)OC(C)(C)C)C3)ccc2n1CC(C)(C)O. The second kappa shape index (κ2) is 14.9. The Morgan fingerprint density at radius 2 is 1.19 bits per heavy atom. The van der Waals surface area contributed by atoms with Crippen LogP contribution in [0.1, 0.15) is 102 Å². The highest BCUT2D eigenvalue weighted by molar-refractivity contribution is 9.10. The number of likely N-dealkylation sites (tertiary alicyclic amines) is 1. The van der Waals surface area contributed by atoms with E-state index in [1.54, 1.807) is 52.8 Å². The molecule has 13 heteroatoms. The average Bonchev–Trinajstić information content (AvgIpc) is 3.38. The Balaban J connectivity index is 0.000000267. The molecule has 1 amide bonds. The third-order valence-electron chi connectivity index (χ3n) is 8.32. The lowest BCUT2D eigenvalue weighted by Gasteiger charge is -2.39. The molecule has 1 aliphatic rings. The van der Waals surface area contributed by atoms with Gasteiger partial charge < -0.3 is 29.0 Å². The van der Waals surface area contributed by atoms with E-state index in [9.17, 15) is 23.4 Å². The van der Waals surface area contributed by atoms with Crippen LogP contribution in [0.4, 0.5) is 4.79 Å².